The van der Waals surface area contributed by atoms with Crippen molar-refractivity contribution in [2.75, 3.05) is 0 Å². The Kier molecular flexibility index (Phi) is 4.64. The molecule has 0 aromatic heterocycles. The van der Waals surface area contributed by atoms with E-state index in [2.05, 4.69) is 48.5 Å². The highest BCUT2D eigenvalue weighted by Crippen LogP contribution is 2.42. The van der Waals surface area contributed by atoms with E-state index in [1.165, 1.54) is 0 Å². The highest BCUT2D eigenvalue weighted by molar-refractivity contribution is 4.94. The molecule has 0 aromatic carbocycles. The van der Waals surface area contributed by atoms with Crippen molar-refractivity contribution < 1.29 is 5.11 Å². The summed E-state index contributed by atoms with van der Waals surface area (Å²) < 4.78 is 0. The first-order valence-electron chi connectivity index (χ1n) is 5.93. The summed E-state index contributed by atoms with van der Waals surface area (Å²) in [5.41, 5.74) is -0.576. The van der Waals surface area contributed by atoms with Crippen molar-refractivity contribution >= 4 is 0 Å². The lowest BCUT2D eigenvalue weighted by Crippen LogP contribution is -2.49. The molecule has 0 radical (unpaired) electrons. The smallest absolute Gasteiger partial charge is 0.0721 e. The van der Waals surface area contributed by atoms with Gasteiger partial charge >= 0.3 is 0 Å². The SMILES string of the molecule is CCC(C)C(C)C(O)(CC)C(C)(C)C. The van der Waals surface area contributed by atoms with Crippen LogP contribution in [0.2, 0.25) is 0 Å². The maximum atomic E-state index is 10.7. The van der Waals surface area contributed by atoms with Crippen LogP contribution in [0.5, 0.6) is 0 Å². The molecule has 0 aliphatic rings. The zero-order chi connectivity index (χ0) is 11.6. The monoisotopic (exact) mass is 200 g/mol. The Morgan fingerprint density at radius 1 is 1.07 bits per heavy atom. The van der Waals surface area contributed by atoms with Crippen LogP contribution in [0.4, 0.5) is 0 Å². The topological polar surface area (TPSA) is 20.2 Å². The van der Waals surface area contributed by atoms with Crippen molar-refractivity contribution in [3.63, 3.8) is 0 Å². The molecule has 0 heterocycles. The van der Waals surface area contributed by atoms with Gasteiger partial charge in [0.1, 0.15) is 0 Å². The molecule has 0 saturated heterocycles. The Morgan fingerprint density at radius 2 is 1.50 bits per heavy atom. The zero-order valence-corrected chi connectivity index (χ0v) is 11.0. The molecule has 1 nitrogen and oxygen atoms in total. The standard InChI is InChI=1S/C13H28O/c1-8-10(3)11(4)13(14,9-2)12(5,6)7/h10-11,14H,8-9H2,1-7H3. The average Bonchev–Trinajstić information content (AvgIpc) is 2.12. The van der Waals surface area contributed by atoms with Crippen LogP contribution in [-0.2, 0) is 0 Å². The summed E-state index contributed by atoms with van der Waals surface area (Å²) in [7, 11) is 0. The van der Waals surface area contributed by atoms with Crippen molar-refractivity contribution in [1.82, 2.24) is 0 Å². The van der Waals surface area contributed by atoms with Gasteiger partial charge in [-0.2, -0.15) is 0 Å². The second kappa shape index (κ2) is 4.65. The van der Waals surface area contributed by atoms with Crippen LogP contribution in [0.1, 0.15) is 61.3 Å². The molecular weight excluding hydrogens is 172 g/mol. The molecule has 0 aliphatic heterocycles. The molecule has 14 heavy (non-hydrogen) atoms. The quantitative estimate of drug-likeness (QED) is 0.730. The van der Waals surface area contributed by atoms with Gasteiger partial charge in [0.15, 0.2) is 0 Å². The molecule has 0 amide bonds. The molecule has 0 bridgehead atoms. The van der Waals surface area contributed by atoms with Gasteiger partial charge in [0, 0.05) is 0 Å². The zero-order valence-electron chi connectivity index (χ0n) is 11.0. The summed E-state index contributed by atoms with van der Waals surface area (Å²) in [4.78, 5) is 0. The predicted octanol–water partition coefficient (Wildman–Crippen LogP) is 3.86. The Balaban J connectivity index is 4.86. The van der Waals surface area contributed by atoms with Crippen LogP contribution in [0, 0.1) is 17.3 Å². The number of aliphatic hydroxyl groups is 1. The lowest BCUT2D eigenvalue weighted by atomic mass is 9.64. The molecule has 0 aliphatic carbocycles. The molecule has 3 unspecified atom stereocenters. The van der Waals surface area contributed by atoms with Crippen molar-refractivity contribution in [1.29, 1.82) is 0 Å². The van der Waals surface area contributed by atoms with Crippen molar-refractivity contribution in [2.45, 2.75) is 66.9 Å². The summed E-state index contributed by atoms with van der Waals surface area (Å²) in [6, 6.07) is 0. The highest BCUT2D eigenvalue weighted by atomic mass is 16.3. The minimum Gasteiger partial charge on any atom is -0.389 e. The Labute approximate surface area is 89.9 Å². The number of hydrogen-bond donors (Lipinski definition) is 1. The summed E-state index contributed by atoms with van der Waals surface area (Å²) in [6.07, 6.45) is 1.97. The molecule has 86 valence electrons. The molecule has 0 saturated carbocycles. The second-order valence-corrected chi connectivity index (χ2v) is 5.70. The summed E-state index contributed by atoms with van der Waals surface area (Å²) >= 11 is 0. The van der Waals surface area contributed by atoms with Gasteiger partial charge < -0.3 is 5.11 Å². The Hall–Kier alpha value is -0.0400. The number of hydrogen-bond acceptors (Lipinski definition) is 1. The van der Waals surface area contributed by atoms with Crippen LogP contribution in [0.15, 0.2) is 0 Å². The average molecular weight is 200 g/mol. The van der Waals surface area contributed by atoms with E-state index in [9.17, 15) is 5.11 Å². The molecule has 1 N–H and O–H groups in total. The third kappa shape index (κ3) is 2.50. The molecule has 1 heteroatoms. The van der Waals surface area contributed by atoms with E-state index in [-0.39, 0.29) is 5.41 Å². The van der Waals surface area contributed by atoms with Crippen LogP contribution in [0.3, 0.4) is 0 Å². The fourth-order valence-electron chi connectivity index (χ4n) is 2.36. The first-order valence-corrected chi connectivity index (χ1v) is 5.93. The van der Waals surface area contributed by atoms with E-state index in [4.69, 9.17) is 0 Å². The molecule has 0 aromatic rings. The third-order valence-corrected chi connectivity index (χ3v) is 4.09. The van der Waals surface area contributed by atoms with E-state index in [0.717, 1.165) is 12.8 Å². The van der Waals surface area contributed by atoms with Crippen molar-refractivity contribution in [2.24, 2.45) is 17.3 Å². The van der Waals surface area contributed by atoms with Gasteiger partial charge in [-0.25, -0.2) is 0 Å². The Morgan fingerprint density at radius 3 is 1.71 bits per heavy atom. The van der Waals surface area contributed by atoms with Crippen LogP contribution < -0.4 is 0 Å². The van der Waals surface area contributed by atoms with Crippen LogP contribution >= 0.6 is 0 Å². The molecule has 0 spiro atoms. The molecular formula is C13H28O. The number of rotatable bonds is 4. The fraction of sp³-hybridized carbons (Fsp3) is 1.00. The van der Waals surface area contributed by atoms with Crippen LogP contribution in [0.25, 0.3) is 0 Å². The van der Waals surface area contributed by atoms with E-state index in [0.29, 0.717) is 11.8 Å². The van der Waals surface area contributed by atoms with E-state index in [1.807, 2.05) is 0 Å². The normalized spacial score (nSPS) is 21.4. The van der Waals surface area contributed by atoms with Gasteiger partial charge in [0.25, 0.3) is 0 Å². The maximum absolute atomic E-state index is 10.7. The Bertz CT molecular complexity index is 169. The summed E-state index contributed by atoms with van der Waals surface area (Å²) in [5.74, 6) is 0.941. The summed E-state index contributed by atoms with van der Waals surface area (Å²) in [6.45, 7) is 15.1. The van der Waals surface area contributed by atoms with Gasteiger partial charge in [0.2, 0.25) is 0 Å². The first-order chi connectivity index (χ1) is 6.20. The van der Waals surface area contributed by atoms with E-state index >= 15 is 0 Å². The summed E-state index contributed by atoms with van der Waals surface area (Å²) in [5, 5.41) is 10.7. The predicted molar refractivity (Wildman–Crippen MR) is 63.3 cm³/mol. The van der Waals surface area contributed by atoms with E-state index < -0.39 is 5.60 Å². The lowest BCUT2D eigenvalue weighted by Gasteiger charge is -2.46. The van der Waals surface area contributed by atoms with Gasteiger partial charge in [-0.15, -0.1) is 0 Å². The van der Waals surface area contributed by atoms with Gasteiger partial charge in [0.05, 0.1) is 5.60 Å². The van der Waals surface area contributed by atoms with Gasteiger partial charge in [-0.05, 0) is 23.7 Å². The van der Waals surface area contributed by atoms with E-state index in [1.54, 1.807) is 0 Å². The minimum absolute atomic E-state index is 0.0371. The fourth-order valence-corrected chi connectivity index (χ4v) is 2.36. The third-order valence-electron chi connectivity index (χ3n) is 4.09. The second-order valence-electron chi connectivity index (χ2n) is 5.70. The highest BCUT2D eigenvalue weighted by Gasteiger charge is 2.44. The van der Waals surface area contributed by atoms with Gasteiger partial charge in [-0.3, -0.25) is 0 Å². The van der Waals surface area contributed by atoms with Crippen molar-refractivity contribution in [3.8, 4) is 0 Å². The van der Waals surface area contributed by atoms with Gasteiger partial charge in [-0.1, -0.05) is 54.9 Å². The minimum atomic E-state index is -0.539. The van der Waals surface area contributed by atoms with Crippen molar-refractivity contribution in [3.05, 3.63) is 0 Å². The largest absolute Gasteiger partial charge is 0.389 e. The first kappa shape index (κ1) is 14.0. The van der Waals surface area contributed by atoms with Crippen LogP contribution in [-0.4, -0.2) is 10.7 Å². The molecule has 3 atom stereocenters. The molecule has 0 fully saturated rings. The lowest BCUT2D eigenvalue weighted by molar-refractivity contribution is -0.117. The maximum Gasteiger partial charge on any atom is 0.0721 e. The molecule has 0 rings (SSSR count).